The number of nitrogens with one attached hydrogen (secondary N) is 4. The van der Waals surface area contributed by atoms with Gasteiger partial charge in [-0.1, -0.05) is 91.3 Å². The van der Waals surface area contributed by atoms with Gasteiger partial charge in [0.25, 0.3) is 5.91 Å². The van der Waals surface area contributed by atoms with E-state index in [2.05, 4.69) is 27.8 Å². The largest absolute Gasteiger partial charge is 0.460 e. The van der Waals surface area contributed by atoms with E-state index in [4.69, 9.17) is 4.74 Å². The summed E-state index contributed by atoms with van der Waals surface area (Å²) in [5.74, 6) is -4.22. The van der Waals surface area contributed by atoms with Gasteiger partial charge in [-0.15, -0.1) is 6.58 Å². The number of carbonyl (C=O) groups is 6. The Morgan fingerprint density at radius 2 is 1.62 bits per heavy atom. The van der Waals surface area contributed by atoms with Gasteiger partial charge in [0.05, 0.1) is 12.0 Å². The number of hydrogen-bond donors (Lipinski definition) is 4. The standard InChI is InChI=1S/C31H45N5O7.C4H5F3.C2H6/c1-7-12-22(25(38)28(40)32-15-8-2)34-27(39)23-16-20(3)18-36(23)29(41)26(31(4,5)6)35-30(42)33-17-24(37)43-19-21-13-10-9-11-14-21;5-4(6,7)3-1-2-3;1-2/h8-11,13-14,20,22-23,26H,2,7,12,15-19H2,1,3-6H3,(H,32,40)(H,34,39)(H2,33,35,42);3H,1-2H2;1-2H3/t20-,22?,23?,26?;;/m1../s1. The number of nitrogens with zero attached hydrogens (tertiary/aromatic N) is 1. The number of rotatable bonds is 14. The molecule has 2 fully saturated rings. The Morgan fingerprint density at radius 3 is 2.12 bits per heavy atom. The van der Waals surface area contributed by atoms with Crippen molar-refractivity contribution in [3.05, 3.63) is 48.6 Å². The quantitative estimate of drug-likeness (QED) is 0.121. The van der Waals surface area contributed by atoms with Gasteiger partial charge in [-0.2, -0.15) is 13.2 Å². The highest BCUT2D eigenvalue weighted by atomic mass is 19.4. The highest BCUT2D eigenvalue weighted by molar-refractivity contribution is 6.38. The maximum absolute atomic E-state index is 13.8. The van der Waals surface area contributed by atoms with Crippen LogP contribution in [0.15, 0.2) is 43.0 Å². The van der Waals surface area contributed by atoms with Crippen LogP contribution in [-0.4, -0.2) is 84.3 Å². The van der Waals surface area contributed by atoms with E-state index in [1.807, 2.05) is 58.0 Å². The normalized spacial score (nSPS) is 17.8. The lowest BCUT2D eigenvalue weighted by Crippen LogP contribution is -2.60. The minimum absolute atomic E-state index is 0.0234. The number of esters is 1. The third kappa shape index (κ3) is 15.9. The van der Waals surface area contributed by atoms with Crippen molar-refractivity contribution in [2.24, 2.45) is 17.3 Å². The molecule has 15 heteroatoms. The van der Waals surface area contributed by atoms with Gasteiger partial charge in [0.1, 0.15) is 25.2 Å². The Morgan fingerprint density at radius 1 is 1.00 bits per heavy atom. The molecule has 1 aromatic rings. The molecule has 5 amide bonds. The second-order valence-corrected chi connectivity index (χ2v) is 13.6. The fraction of sp³-hybridized carbons (Fsp3) is 0.622. The second kappa shape index (κ2) is 21.8. The van der Waals surface area contributed by atoms with Crippen molar-refractivity contribution >= 4 is 35.5 Å². The number of carbonyl (C=O) groups excluding carboxylic acids is 6. The minimum Gasteiger partial charge on any atom is -0.460 e. The first-order chi connectivity index (χ1) is 24.4. The summed E-state index contributed by atoms with van der Waals surface area (Å²) in [5.41, 5.74) is 0.0532. The molecule has 4 atom stereocenters. The van der Waals surface area contributed by atoms with Crippen molar-refractivity contribution in [2.75, 3.05) is 19.6 Å². The summed E-state index contributed by atoms with van der Waals surface area (Å²) < 4.78 is 38.9. The number of halogens is 3. The monoisotopic (exact) mass is 739 g/mol. The van der Waals surface area contributed by atoms with Crippen LogP contribution in [0.1, 0.15) is 86.1 Å². The molecular weight excluding hydrogens is 683 g/mol. The van der Waals surface area contributed by atoms with Gasteiger partial charge >= 0.3 is 18.2 Å². The lowest BCUT2D eigenvalue weighted by Gasteiger charge is -2.35. The third-order valence-electron chi connectivity index (χ3n) is 8.00. The van der Waals surface area contributed by atoms with Crippen LogP contribution in [0.5, 0.6) is 0 Å². The molecule has 1 heterocycles. The van der Waals surface area contributed by atoms with Crippen LogP contribution >= 0.6 is 0 Å². The Hall–Kier alpha value is -4.43. The van der Waals surface area contributed by atoms with Crippen molar-refractivity contribution in [1.29, 1.82) is 0 Å². The van der Waals surface area contributed by atoms with Gasteiger partial charge in [0.2, 0.25) is 17.6 Å². The van der Waals surface area contributed by atoms with Crippen molar-refractivity contribution in [3.63, 3.8) is 0 Å². The molecule has 52 heavy (non-hydrogen) atoms. The van der Waals surface area contributed by atoms with Gasteiger partial charge in [-0.3, -0.25) is 24.0 Å². The summed E-state index contributed by atoms with van der Waals surface area (Å²) in [4.78, 5) is 78.5. The Kier molecular flexibility index (Phi) is 19.1. The summed E-state index contributed by atoms with van der Waals surface area (Å²) in [6.07, 6.45) is -0.599. The molecule has 3 unspecified atom stereocenters. The lowest BCUT2D eigenvalue weighted by molar-refractivity contribution is -0.147. The van der Waals surface area contributed by atoms with E-state index in [0.717, 1.165) is 5.56 Å². The van der Waals surface area contributed by atoms with Crippen LogP contribution in [-0.2, 0) is 35.3 Å². The van der Waals surface area contributed by atoms with Crippen LogP contribution in [0.3, 0.4) is 0 Å². The van der Waals surface area contributed by atoms with Crippen molar-refractivity contribution in [3.8, 4) is 0 Å². The van der Waals surface area contributed by atoms with E-state index >= 15 is 0 Å². The zero-order valence-electron chi connectivity index (χ0n) is 31.4. The predicted molar refractivity (Wildman–Crippen MR) is 190 cm³/mol. The molecule has 1 saturated carbocycles. The summed E-state index contributed by atoms with van der Waals surface area (Å²) in [5, 5.41) is 10.2. The highest BCUT2D eigenvalue weighted by Crippen LogP contribution is 2.43. The topological polar surface area (TPSA) is 163 Å². The molecular formula is C37H56F3N5O7. The first kappa shape index (κ1) is 45.6. The molecule has 0 aromatic heterocycles. The summed E-state index contributed by atoms with van der Waals surface area (Å²) >= 11 is 0. The molecule has 4 N–H and O–H groups in total. The Bertz CT molecular complexity index is 1350. The molecule has 1 aliphatic heterocycles. The fourth-order valence-corrected chi connectivity index (χ4v) is 5.12. The van der Waals surface area contributed by atoms with Gasteiger partial charge in [-0.05, 0) is 42.6 Å². The molecule has 2 aliphatic rings. The number of benzene rings is 1. The summed E-state index contributed by atoms with van der Waals surface area (Å²) in [6, 6.07) is 5.39. The van der Waals surface area contributed by atoms with Gasteiger partial charge in [-0.25, -0.2) is 4.79 Å². The number of ether oxygens (including phenoxy) is 1. The van der Waals surface area contributed by atoms with E-state index in [-0.39, 0.29) is 32.0 Å². The molecule has 12 nitrogen and oxygen atoms in total. The number of likely N-dealkylation sites (tertiary alicyclic amines) is 1. The maximum Gasteiger partial charge on any atom is 0.391 e. The SMILES string of the molecule is C=CCNC(=O)C(=O)C(CCC)NC(=O)C1C[C@@H](C)CN1C(=O)C(NC(=O)NCC(=O)OCc1ccccc1)C(C)(C)C.CC.FC(F)(F)C1CC1. The Balaban J connectivity index is 0.00000132. The Labute approximate surface area is 305 Å². The number of urea groups is 1. The number of alkyl halides is 3. The smallest absolute Gasteiger partial charge is 0.391 e. The molecule has 292 valence electrons. The van der Waals surface area contributed by atoms with E-state index in [1.54, 1.807) is 20.8 Å². The molecule has 1 aromatic carbocycles. The predicted octanol–water partition coefficient (Wildman–Crippen LogP) is 4.82. The van der Waals surface area contributed by atoms with Crippen molar-refractivity contribution in [1.82, 2.24) is 26.2 Å². The van der Waals surface area contributed by atoms with Crippen LogP contribution in [0.2, 0.25) is 0 Å². The van der Waals surface area contributed by atoms with Gasteiger partial charge in [0, 0.05) is 13.1 Å². The van der Waals surface area contributed by atoms with Crippen LogP contribution in [0.4, 0.5) is 18.0 Å². The van der Waals surface area contributed by atoms with Gasteiger partial charge in [0.15, 0.2) is 0 Å². The van der Waals surface area contributed by atoms with E-state index in [1.165, 1.54) is 11.0 Å². The van der Waals surface area contributed by atoms with Gasteiger partial charge < -0.3 is 30.9 Å². The molecule has 0 spiro atoms. The summed E-state index contributed by atoms with van der Waals surface area (Å²) in [7, 11) is 0. The average Bonchev–Trinajstić information content (AvgIpc) is 3.90. The molecule has 0 radical (unpaired) electrons. The number of Topliss-reactive ketones (excluding diaryl/α,β-unsaturated/α-hetero) is 1. The van der Waals surface area contributed by atoms with Crippen molar-refractivity contribution in [2.45, 2.75) is 111 Å². The van der Waals surface area contributed by atoms with Crippen LogP contribution < -0.4 is 21.3 Å². The highest BCUT2D eigenvalue weighted by Gasteiger charge is 2.47. The first-order valence-corrected chi connectivity index (χ1v) is 17.7. The molecule has 3 rings (SSSR count). The van der Waals surface area contributed by atoms with E-state index in [9.17, 15) is 41.9 Å². The third-order valence-corrected chi connectivity index (χ3v) is 8.00. The number of hydrogen-bond acceptors (Lipinski definition) is 7. The van der Waals surface area contributed by atoms with Crippen molar-refractivity contribution < 1.29 is 46.7 Å². The summed E-state index contributed by atoms with van der Waals surface area (Å²) in [6.45, 7) is 16.6. The zero-order valence-corrected chi connectivity index (χ0v) is 31.4. The number of ketones is 1. The van der Waals surface area contributed by atoms with Crippen LogP contribution in [0.25, 0.3) is 0 Å². The minimum atomic E-state index is -3.89. The maximum atomic E-state index is 13.8. The number of amides is 5. The average molecular weight is 740 g/mol. The van der Waals surface area contributed by atoms with E-state index < -0.39 is 77.7 Å². The van der Waals surface area contributed by atoms with E-state index in [0.29, 0.717) is 25.7 Å². The van der Waals surface area contributed by atoms with Crippen LogP contribution in [0, 0.1) is 17.3 Å². The second-order valence-electron chi connectivity index (χ2n) is 13.6. The fourth-order valence-electron chi connectivity index (χ4n) is 5.12. The zero-order chi connectivity index (χ0) is 39.6. The molecule has 0 bridgehead atoms. The molecule has 1 saturated heterocycles. The lowest BCUT2D eigenvalue weighted by atomic mass is 9.85. The molecule has 1 aliphatic carbocycles. The first-order valence-electron chi connectivity index (χ1n) is 17.7.